The van der Waals surface area contributed by atoms with Crippen LogP contribution in [0.2, 0.25) is 0 Å². The second kappa shape index (κ2) is 6.38. The van der Waals surface area contributed by atoms with E-state index in [-0.39, 0.29) is 12.4 Å². The number of hydrogen-bond acceptors (Lipinski definition) is 4. The van der Waals surface area contributed by atoms with Crippen LogP contribution in [-0.2, 0) is 6.61 Å². The molecule has 7 heteroatoms. The predicted octanol–water partition coefficient (Wildman–Crippen LogP) is 3.05. The van der Waals surface area contributed by atoms with Gasteiger partial charge in [0.15, 0.2) is 17.3 Å². The van der Waals surface area contributed by atoms with Crippen molar-refractivity contribution in [2.75, 3.05) is 0 Å². The fraction of sp³-hybridized carbons (Fsp3) is 0.200. The maximum absolute atomic E-state index is 13.9. The van der Waals surface area contributed by atoms with Gasteiger partial charge in [0.05, 0.1) is 0 Å². The highest BCUT2D eigenvalue weighted by atomic mass is 19.1. The maximum Gasteiger partial charge on any atom is 0.254 e. The van der Waals surface area contributed by atoms with Crippen molar-refractivity contribution in [1.29, 1.82) is 0 Å². The van der Waals surface area contributed by atoms with Gasteiger partial charge in [-0.15, -0.1) is 0 Å². The molecular formula is C15H14F2N2O3. The first kappa shape index (κ1) is 15.7. The van der Waals surface area contributed by atoms with Crippen LogP contribution >= 0.6 is 0 Å². The number of allylic oxidation sites excluding steroid dienone is 1. The zero-order chi connectivity index (χ0) is 16.3. The summed E-state index contributed by atoms with van der Waals surface area (Å²) >= 11 is 0. The summed E-state index contributed by atoms with van der Waals surface area (Å²) in [4.78, 5) is 11.0. The van der Waals surface area contributed by atoms with Crippen molar-refractivity contribution in [3.05, 3.63) is 52.4 Å². The van der Waals surface area contributed by atoms with E-state index < -0.39 is 23.1 Å². The van der Waals surface area contributed by atoms with E-state index in [1.54, 1.807) is 12.1 Å². The minimum atomic E-state index is -1.20. The highest BCUT2D eigenvalue weighted by Crippen LogP contribution is 2.24. The van der Waals surface area contributed by atoms with Crippen molar-refractivity contribution < 1.29 is 22.8 Å². The molecule has 1 aromatic heterocycles. The zero-order valence-corrected chi connectivity index (χ0v) is 12.0. The van der Waals surface area contributed by atoms with Gasteiger partial charge in [0.1, 0.15) is 23.7 Å². The van der Waals surface area contributed by atoms with E-state index in [0.29, 0.717) is 11.5 Å². The Hall–Kier alpha value is -2.70. The summed E-state index contributed by atoms with van der Waals surface area (Å²) in [5.74, 6) is -3.32. The third-order valence-corrected chi connectivity index (χ3v) is 2.69. The van der Waals surface area contributed by atoms with Crippen molar-refractivity contribution in [3.8, 4) is 5.75 Å². The van der Waals surface area contributed by atoms with Crippen LogP contribution in [0.5, 0.6) is 5.75 Å². The molecule has 0 atom stereocenters. The first-order valence-electron chi connectivity index (χ1n) is 6.39. The fourth-order valence-corrected chi connectivity index (χ4v) is 1.78. The van der Waals surface area contributed by atoms with Gasteiger partial charge >= 0.3 is 0 Å². The molecule has 0 fully saturated rings. The van der Waals surface area contributed by atoms with Crippen LogP contribution in [0.1, 0.15) is 35.7 Å². The molecular weight excluding hydrogens is 294 g/mol. The first-order chi connectivity index (χ1) is 10.4. The lowest BCUT2D eigenvalue weighted by Crippen LogP contribution is -2.16. The van der Waals surface area contributed by atoms with Crippen LogP contribution in [-0.4, -0.2) is 11.1 Å². The minimum Gasteiger partial charge on any atom is -0.482 e. The van der Waals surface area contributed by atoms with E-state index in [2.05, 4.69) is 5.16 Å². The van der Waals surface area contributed by atoms with Crippen molar-refractivity contribution >= 4 is 12.0 Å². The lowest BCUT2D eigenvalue weighted by Gasteiger charge is -2.08. The van der Waals surface area contributed by atoms with Crippen molar-refractivity contribution in [1.82, 2.24) is 5.16 Å². The number of nitrogens with two attached hydrogens (primary N) is 1. The normalized spacial score (nSPS) is 10.4. The molecule has 0 aliphatic carbocycles. The molecule has 1 amide bonds. The average molecular weight is 308 g/mol. The predicted molar refractivity (Wildman–Crippen MR) is 75.0 cm³/mol. The number of hydrogen-bond donors (Lipinski definition) is 1. The van der Waals surface area contributed by atoms with Crippen molar-refractivity contribution in [2.45, 2.75) is 20.5 Å². The number of ether oxygens (including phenoxy) is 1. The number of primary amides is 1. The molecule has 0 aliphatic rings. The van der Waals surface area contributed by atoms with E-state index in [9.17, 15) is 13.6 Å². The Morgan fingerprint density at radius 1 is 1.41 bits per heavy atom. The van der Waals surface area contributed by atoms with Gasteiger partial charge in [0.2, 0.25) is 0 Å². The number of amides is 1. The average Bonchev–Trinajstić information content (AvgIpc) is 2.84. The largest absolute Gasteiger partial charge is 0.482 e. The third-order valence-electron chi connectivity index (χ3n) is 2.69. The lowest BCUT2D eigenvalue weighted by molar-refractivity contribution is 0.0991. The Morgan fingerprint density at radius 3 is 2.77 bits per heavy atom. The molecule has 2 N–H and O–H groups in total. The van der Waals surface area contributed by atoms with Crippen LogP contribution in [0, 0.1) is 11.6 Å². The summed E-state index contributed by atoms with van der Waals surface area (Å²) in [6, 6.07) is 3.61. The van der Waals surface area contributed by atoms with Gasteiger partial charge < -0.3 is 15.0 Å². The molecule has 0 radical (unpaired) electrons. The Kier molecular flexibility index (Phi) is 4.55. The second-order valence-corrected chi connectivity index (χ2v) is 4.83. The highest BCUT2D eigenvalue weighted by molar-refractivity contribution is 5.93. The maximum atomic E-state index is 13.9. The van der Waals surface area contributed by atoms with Crippen LogP contribution in [0.15, 0.2) is 28.3 Å². The summed E-state index contributed by atoms with van der Waals surface area (Å²) < 4.78 is 37.5. The summed E-state index contributed by atoms with van der Waals surface area (Å²) in [5, 5.41) is 3.79. The molecule has 22 heavy (non-hydrogen) atoms. The number of halogens is 2. The van der Waals surface area contributed by atoms with Crippen LogP contribution in [0.3, 0.4) is 0 Å². The van der Waals surface area contributed by atoms with Gasteiger partial charge in [-0.25, -0.2) is 8.78 Å². The smallest absolute Gasteiger partial charge is 0.254 e. The van der Waals surface area contributed by atoms with Gasteiger partial charge in [0, 0.05) is 6.07 Å². The Balaban J connectivity index is 2.15. The molecule has 116 valence electrons. The van der Waals surface area contributed by atoms with E-state index in [1.165, 1.54) is 0 Å². The summed E-state index contributed by atoms with van der Waals surface area (Å²) in [6.07, 6.45) is 1.80. The van der Waals surface area contributed by atoms with E-state index in [1.807, 2.05) is 13.8 Å². The summed E-state index contributed by atoms with van der Waals surface area (Å²) in [6.45, 7) is 3.69. The van der Waals surface area contributed by atoms with Gasteiger partial charge in [-0.3, -0.25) is 4.79 Å². The van der Waals surface area contributed by atoms with Crippen molar-refractivity contribution in [2.24, 2.45) is 5.73 Å². The van der Waals surface area contributed by atoms with Crippen LogP contribution in [0.25, 0.3) is 6.08 Å². The SMILES string of the molecule is CC(C)=Cc1cc(COc2ccc(F)c(C(N)=O)c2F)on1. The van der Waals surface area contributed by atoms with Crippen LogP contribution in [0.4, 0.5) is 8.78 Å². The molecule has 0 bridgehead atoms. The number of nitrogens with zero attached hydrogens (tertiary/aromatic N) is 1. The monoisotopic (exact) mass is 308 g/mol. The van der Waals surface area contributed by atoms with Gasteiger partial charge in [-0.05, 0) is 32.1 Å². The lowest BCUT2D eigenvalue weighted by atomic mass is 10.1. The summed E-state index contributed by atoms with van der Waals surface area (Å²) in [7, 11) is 0. The second-order valence-electron chi connectivity index (χ2n) is 4.83. The standard InChI is InChI=1S/C15H14F2N2O3/c1-8(2)5-9-6-10(22-19-9)7-21-12-4-3-11(16)13(14(12)17)15(18)20/h3-6H,7H2,1-2H3,(H2,18,20). The molecule has 1 aromatic carbocycles. The Morgan fingerprint density at radius 2 is 2.14 bits per heavy atom. The summed E-state index contributed by atoms with van der Waals surface area (Å²) in [5.41, 5.74) is 5.74. The number of carbonyl (C=O) groups is 1. The zero-order valence-electron chi connectivity index (χ0n) is 12.0. The fourth-order valence-electron chi connectivity index (χ4n) is 1.78. The number of carbonyl (C=O) groups excluding carboxylic acids is 1. The first-order valence-corrected chi connectivity index (χ1v) is 6.39. The highest BCUT2D eigenvalue weighted by Gasteiger charge is 2.19. The Bertz CT molecular complexity index is 734. The number of benzene rings is 1. The molecule has 1 heterocycles. The molecule has 0 saturated carbocycles. The van der Waals surface area contributed by atoms with Gasteiger partial charge in [-0.2, -0.15) is 0 Å². The molecule has 0 saturated heterocycles. The molecule has 0 aliphatic heterocycles. The molecule has 2 rings (SSSR count). The van der Waals surface area contributed by atoms with Crippen molar-refractivity contribution in [3.63, 3.8) is 0 Å². The van der Waals surface area contributed by atoms with Gasteiger partial charge in [0.25, 0.3) is 5.91 Å². The quantitative estimate of drug-likeness (QED) is 0.920. The Labute approximate surface area is 125 Å². The number of rotatable bonds is 5. The molecule has 0 unspecified atom stereocenters. The molecule has 5 nitrogen and oxygen atoms in total. The van der Waals surface area contributed by atoms with Crippen LogP contribution < -0.4 is 10.5 Å². The molecule has 0 spiro atoms. The van der Waals surface area contributed by atoms with E-state index >= 15 is 0 Å². The third kappa shape index (κ3) is 3.49. The molecule has 2 aromatic rings. The van der Waals surface area contributed by atoms with E-state index in [0.717, 1.165) is 17.7 Å². The topological polar surface area (TPSA) is 78.4 Å². The minimum absolute atomic E-state index is 0.121. The van der Waals surface area contributed by atoms with E-state index in [4.69, 9.17) is 15.0 Å². The number of aromatic nitrogens is 1. The van der Waals surface area contributed by atoms with Gasteiger partial charge in [-0.1, -0.05) is 10.7 Å².